The van der Waals surface area contributed by atoms with Crippen molar-refractivity contribution in [1.29, 1.82) is 5.26 Å². The number of benzene rings is 1. The minimum Gasteiger partial charge on any atom is -0.207 e. The first-order valence-electron chi connectivity index (χ1n) is 4.92. The SMILES string of the molecule is Cc1cc(Cl)c(CC2(C#N)CC2)cc1F. The summed E-state index contributed by atoms with van der Waals surface area (Å²) in [5, 5.41) is 9.51. The Bertz CT molecular complexity index is 444. The second-order valence-electron chi connectivity index (χ2n) is 4.26. The highest BCUT2D eigenvalue weighted by Gasteiger charge is 2.43. The van der Waals surface area contributed by atoms with Crippen LogP contribution in [0.1, 0.15) is 24.0 Å². The number of aryl methyl sites for hydroxylation is 1. The van der Waals surface area contributed by atoms with Crippen molar-refractivity contribution in [2.75, 3.05) is 0 Å². The number of hydrogen-bond donors (Lipinski definition) is 0. The highest BCUT2D eigenvalue weighted by molar-refractivity contribution is 6.31. The number of nitrogens with zero attached hydrogens (tertiary/aromatic N) is 1. The molecule has 0 unspecified atom stereocenters. The quantitative estimate of drug-likeness (QED) is 0.751. The summed E-state index contributed by atoms with van der Waals surface area (Å²) in [6.07, 6.45) is 2.37. The topological polar surface area (TPSA) is 23.8 Å². The van der Waals surface area contributed by atoms with E-state index in [1.54, 1.807) is 13.0 Å². The molecule has 1 aromatic carbocycles. The highest BCUT2D eigenvalue weighted by atomic mass is 35.5. The Morgan fingerprint density at radius 1 is 1.53 bits per heavy atom. The van der Waals surface area contributed by atoms with Crippen LogP contribution in [0.3, 0.4) is 0 Å². The largest absolute Gasteiger partial charge is 0.207 e. The third-order valence-electron chi connectivity index (χ3n) is 2.95. The van der Waals surface area contributed by atoms with Crippen LogP contribution < -0.4 is 0 Å². The Kier molecular flexibility index (Phi) is 2.44. The van der Waals surface area contributed by atoms with Gasteiger partial charge in [-0.15, -0.1) is 0 Å². The maximum Gasteiger partial charge on any atom is 0.126 e. The lowest BCUT2D eigenvalue weighted by Gasteiger charge is -2.09. The molecule has 78 valence electrons. The van der Waals surface area contributed by atoms with E-state index >= 15 is 0 Å². The van der Waals surface area contributed by atoms with Crippen molar-refractivity contribution in [3.63, 3.8) is 0 Å². The number of hydrogen-bond acceptors (Lipinski definition) is 1. The molecule has 0 radical (unpaired) electrons. The average molecular weight is 224 g/mol. The average Bonchev–Trinajstić information content (AvgIpc) is 2.95. The van der Waals surface area contributed by atoms with Crippen molar-refractivity contribution in [2.24, 2.45) is 5.41 Å². The normalized spacial score (nSPS) is 17.2. The maximum atomic E-state index is 13.3. The molecule has 0 N–H and O–H groups in total. The van der Waals surface area contributed by atoms with Gasteiger partial charge < -0.3 is 0 Å². The van der Waals surface area contributed by atoms with Crippen molar-refractivity contribution in [3.05, 3.63) is 34.1 Å². The molecule has 1 aromatic rings. The van der Waals surface area contributed by atoms with Crippen molar-refractivity contribution in [3.8, 4) is 6.07 Å². The highest BCUT2D eigenvalue weighted by Crippen LogP contribution is 2.48. The Labute approximate surface area is 93.5 Å². The Morgan fingerprint density at radius 3 is 2.73 bits per heavy atom. The van der Waals surface area contributed by atoms with Crippen molar-refractivity contribution >= 4 is 11.6 Å². The van der Waals surface area contributed by atoms with Crippen LogP contribution in [0.25, 0.3) is 0 Å². The molecule has 0 heterocycles. The third-order valence-corrected chi connectivity index (χ3v) is 3.30. The van der Waals surface area contributed by atoms with Gasteiger partial charge in [0.05, 0.1) is 11.5 Å². The van der Waals surface area contributed by atoms with Crippen LogP contribution in [-0.2, 0) is 6.42 Å². The van der Waals surface area contributed by atoms with E-state index in [-0.39, 0.29) is 11.2 Å². The zero-order chi connectivity index (χ0) is 11.1. The van der Waals surface area contributed by atoms with Gasteiger partial charge in [0, 0.05) is 5.02 Å². The minimum absolute atomic E-state index is 0.247. The maximum absolute atomic E-state index is 13.3. The molecule has 0 atom stereocenters. The molecular weight excluding hydrogens is 213 g/mol. The smallest absolute Gasteiger partial charge is 0.126 e. The van der Waals surface area contributed by atoms with Crippen LogP contribution in [-0.4, -0.2) is 0 Å². The van der Waals surface area contributed by atoms with E-state index in [1.165, 1.54) is 6.07 Å². The molecule has 0 bridgehead atoms. The standard InChI is InChI=1S/C12H11ClFN/c1-8-4-10(13)9(5-11(8)14)6-12(7-15)2-3-12/h4-5H,2-3,6H2,1H3. The van der Waals surface area contributed by atoms with Crippen LogP contribution in [0.2, 0.25) is 5.02 Å². The van der Waals surface area contributed by atoms with Gasteiger partial charge in [-0.1, -0.05) is 11.6 Å². The first kappa shape index (κ1) is 10.4. The molecule has 1 saturated carbocycles. The molecule has 1 fully saturated rings. The van der Waals surface area contributed by atoms with Gasteiger partial charge in [0.25, 0.3) is 0 Å². The molecule has 15 heavy (non-hydrogen) atoms. The summed E-state index contributed by atoms with van der Waals surface area (Å²) in [6.45, 7) is 1.68. The van der Waals surface area contributed by atoms with Crippen LogP contribution in [0.4, 0.5) is 4.39 Å². The fourth-order valence-corrected chi connectivity index (χ4v) is 1.95. The van der Waals surface area contributed by atoms with Crippen LogP contribution in [0.5, 0.6) is 0 Å². The van der Waals surface area contributed by atoms with Crippen LogP contribution in [0.15, 0.2) is 12.1 Å². The number of rotatable bonds is 2. The summed E-state index contributed by atoms with van der Waals surface area (Å²) < 4.78 is 13.3. The predicted octanol–water partition coefficient (Wildman–Crippen LogP) is 3.63. The molecule has 3 heteroatoms. The summed E-state index contributed by atoms with van der Waals surface area (Å²) in [4.78, 5) is 0. The number of halogens is 2. The molecule has 0 spiro atoms. The third kappa shape index (κ3) is 1.98. The molecule has 0 saturated heterocycles. The Hall–Kier alpha value is -1.07. The predicted molar refractivity (Wildman–Crippen MR) is 57.1 cm³/mol. The first-order chi connectivity index (χ1) is 7.06. The Balaban J connectivity index is 2.30. The fraction of sp³-hybridized carbons (Fsp3) is 0.417. The lowest BCUT2D eigenvalue weighted by atomic mass is 9.97. The van der Waals surface area contributed by atoms with Gasteiger partial charge in [0.2, 0.25) is 0 Å². The van der Waals surface area contributed by atoms with Gasteiger partial charge in [-0.05, 0) is 49.4 Å². The Morgan fingerprint density at radius 2 is 2.20 bits per heavy atom. The zero-order valence-corrected chi connectivity index (χ0v) is 9.24. The lowest BCUT2D eigenvalue weighted by Crippen LogP contribution is -2.03. The monoisotopic (exact) mass is 223 g/mol. The fourth-order valence-electron chi connectivity index (χ4n) is 1.67. The van der Waals surface area contributed by atoms with E-state index in [0.29, 0.717) is 17.0 Å². The van der Waals surface area contributed by atoms with E-state index in [4.69, 9.17) is 16.9 Å². The van der Waals surface area contributed by atoms with Gasteiger partial charge in [-0.25, -0.2) is 4.39 Å². The first-order valence-corrected chi connectivity index (χ1v) is 5.30. The van der Waals surface area contributed by atoms with E-state index in [1.807, 2.05) is 0 Å². The molecule has 0 amide bonds. The summed E-state index contributed by atoms with van der Waals surface area (Å²) >= 11 is 6.02. The second kappa shape index (κ2) is 3.50. The minimum atomic E-state index is -0.272. The molecule has 1 aliphatic carbocycles. The van der Waals surface area contributed by atoms with E-state index in [2.05, 4.69) is 6.07 Å². The van der Waals surface area contributed by atoms with Crippen LogP contribution >= 0.6 is 11.6 Å². The lowest BCUT2D eigenvalue weighted by molar-refractivity contribution is 0.608. The van der Waals surface area contributed by atoms with Gasteiger partial charge >= 0.3 is 0 Å². The van der Waals surface area contributed by atoms with Crippen molar-refractivity contribution < 1.29 is 4.39 Å². The molecular formula is C12H11ClFN. The molecule has 1 nitrogen and oxygen atoms in total. The summed E-state index contributed by atoms with van der Waals surface area (Å²) in [5.41, 5.74) is 1.02. The van der Waals surface area contributed by atoms with Gasteiger partial charge in [0.1, 0.15) is 5.82 Å². The molecule has 0 aromatic heterocycles. The summed E-state index contributed by atoms with van der Waals surface area (Å²) in [5.74, 6) is -0.247. The second-order valence-corrected chi connectivity index (χ2v) is 4.67. The van der Waals surface area contributed by atoms with E-state index in [9.17, 15) is 4.39 Å². The number of nitriles is 1. The summed E-state index contributed by atoms with van der Waals surface area (Å²) in [7, 11) is 0. The van der Waals surface area contributed by atoms with Crippen molar-refractivity contribution in [1.82, 2.24) is 0 Å². The zero-order valence-electron chi connectivity index (χ0n) is 8.48. The summed E-state index contributed by atoms with van der Waals surface area (Å²) in [6, 6.07) is 5.36. The molecule has 1 aliphatic rings. The van der Waals surface area contributed by atoms with E-state index in [0.717, 1.165) is 18.4 Å². The van der Waals surface area contributed by atoms with Gasteiger partial charge in [-0.2, -0.15) is 5.26 Å². The van der Waals surface area contributed by atoms with Crippen molar-refractivity contribution in [2.45, 2.75) is 26.2 Å². The van der Waals surface area contributed by atoms with Gasteiger partial charge in [-0.3, -0.25) is 0 Å². The molecule has 0 aliphatic heterocycles. The van der Waals surface area contributed by atoms with Gasteiger partial charge in [0.15, 0.2) is 0 Å². The molecule has 2 rings (SSSR count). The van der Waals surface area contributed by atoms with Crippen LogP contribution in [0, 0.1) is 29.5 Å². The van der Waals surface area contributed by atoms with E-state index < -0.39 is 0 Å².